The van der Waals surface area contributed by atoms with Crippen molar-refractivity contribution in [2.24, 2.45) is 0 Å². The Morgan fingerprint density at radius 2 is 1.96 bits per heavy atom. The standard InChI is InChI=1S/C17H19ClN4O2/c18-14-8-16-15(23-11-24-16)7-12(14)9-21-13-1-5-22(6-2-13)17-10-19-3-4-20-17/h3-4,7-8,10,13,21H,1-2,5-6,9,11H2. The largest absolute Gasteiger partial charge is 0.454 e. The molecule has 2 aliphatic rings. The number of aromatic nitrogens is 2. The zero-order valence-corrected chi connectivity index (χ0v) is 14.0. The monoisotopic (exact) mass is 346 g/mol. The fourth-order valence-corrected chi connectivity index (χ4v) is 3.34. The van der Waals surface area contributed by atoms with Gasteiger partial charge in [-0.15, -0.1) is 0 Å². The highest BCUT2D eigenvalue weighted by molar-refractivity contribution is 6.31. The molecule has 4 rings (SSSR count). The number of fused-ring (bicyclic) bond motifs is 1. The van der Waals surface area contributed by atoms with Crippen LogP contribution in [0.15, 0.2) is 30.7 Å². The molecule has 1 aromatic heterocycles. The van der Waals surface area contributed by atoms with Gasteiger partial charge in [0.1, 0.15) is 5.82 Å². The lowest BCUT2D eigenvalue weighted by Crippen LogP contribution is -2.42. The van der Waals surface area contributed by atoms with Gasteiger partial charge in [-0.05, 0) is 24.5 Å². The third-order valence-electron chi connectivity index (χ3n) is 4.49. The molecule has 1 fully saturated rings. The van der Waals surface area contributed by atoms with Crippen molar-refractivity contribution in [2.75, 3.05) is 24.8 Å². The van der Waals surface area contributed by atoms with Gasteiger partial charge in [0.05, 0.1) is 6.20 Å². The maximum Gasteiger partial charge on any atom is 0.231 e. The number of ether oxygens (including phenoxy) is 2. The van der Waals surface area contributed by atoms with Crippen LogP contribution in [0.25, 0.3) is 0 Å². The lowest BCUT2D eigenvalue weighted by molar-refractivity contribution is 0.174. The Morgan fingerprint density at radius 1 is 1.17 bits per heavy atom. The summed E-state index contributed by atoms with van der Waals surface area (Å²) in [5, 5.41) is 4.31. The molecule has 126 valence electrons. The molecule has 0 spiro atoms. The summed E-state index contributed by atoms with van der Waals surface area (Å²) in [7, 11) is 0. The van der Waals surface area contributed by atoms with Crippen LogP contribution in [0.2, 0.25) is 5.02 Å². The molecule has 0 amide bonds. The second kappa shape index (κ2) is 6.83. The lowest BCUT2D eigenvalue weighted by Gasteiger charge is -2.33. The molecule has 0 atom stereocenters. The molecule has 2 aliphatic heterocycles. The fourth-order valence-electron chi connectivity index (χ4n) is 3.12. The van der Waals surface area contributed by atoms with Crippen LogP contribution in [0, 0.1) is 0 Å². The van der Waals surface area contributed by atoms with E-state index in [1.54, 1.807) is 12.4 Å². The van der Waals surface area contributed by atoms with Crippen molar-refractivity contribution < 1.29 is 9.47 Å². The minimum atomic E-state index is 0.267. The molecule has 3 heterocycles. The molecule has 0 saturated carbocycles. The van der Waals surface area contributed by atoms with Crippen LogP contribution in [-0.2, 0) is 6.54 Å². The number of hydrogen-bond acceptors (Lipinski definition) is 6. The summed E-state index contributed by atoms with van der Waals surface area (Å²) in [5.41, 5.74) is 1.04. The molecule has 0 unspecified atom stereocenters. The maximum absolute atomic E-state index is 6.33. The zero-order chi connectivity index (χ0) is 16.4. The number of piperidine rings is 1. The zero-order valence-electron chi connectivity index (χ0n) is 13.2. The van der Waals surface area contributed by atoms with E-state index in [1.165, 1.54) is 0 Å². The molecular formula is C17H19ClN4O2. The van der Waals surface area contributed by atoms with Crippen molar-refractivity contribution in [3.05, 3.63) is 41.3 Å². The molecule has 0 aliphatic carbocycles. The van der Waals surface area contributed by atoms with Gasteiger partial charge in [0.15, 0.2) is 11.5 Å². The Morgan fingerprint density at radius 3 is 2.71 bits per heavy atom. The van der Waals surface area contributed by atoms with Crippen molar-refractivity contribution in [3.8, 4) is 11.5 Å². The Labute approximate surface area is 145 Å². The molecule has 6 nitrogen and oxygen atoms in total. The van der Waals surface area contributed by atoms with E-state index in [9.17, 15) is 0 Å². The normalized spacial score (nSPS) is 17.3. The summed E-state index contributed by atoms with van der Waals surface area (Å²) in [5.74, 6) is 2.45. The van der Waals surface area contributed by atoms with Gasteiger partial charge in [0.2, 0.25) is 6.79 Å². The summed E-state index contributed by atoms with van der Waals surface area (Å²) in [6.07, 6.45) is 7.39. The van der Waals surface area contributed by atoms with Gasteiger partial charge in [-0.2, -0.15) is 0 Å². The minimum absolute atomic E-state index is 0.267. The van der Waals surface area contributed by atoms with E-state index in [-0.39, 0.29) is 6.79 Å². The van der Waals surface area contributed by atoms with Crippen LogP contribution in [0.1, 0.15) is 18.4 Å². The second-order valence-electron chi connectivity index (χ2n) is 6.00. The number of rotatable bonds is 4. The van der Waals surface area contributed by atoms with Crippen LogP contribution in [0.3, 0.4) is 0 Å². The molecule has 1 aromatic carbocycles. The minimum Gasteiger partial charge on any atom is -0.454 e. The van der Waals surface area contributed by atoms with Gasteiger partial charge in [0, 0.05) is 49.2 Å². The summed E-state index contributed by atoms with van der Waals surface area (Å²) in [6.45, 7) is 2.95. The Bertz CT molecular complexity index is 705. The lowest BCUT2D eigenvalue weighted by atomic mass is 10.0. The van der Waals surface area contributed by atoms with Crippen molar-refractivity contribution >= 4 is 17.4 Å². The van der Waals surface area contributed by atoms with Crippen molar-refractivity contribution in [3.63, 3.8) is 0 Å². The fraction of sp³-hybridized carbons (Fsp3) is 0.412. The highest BCUT2D eigenvalue weighted by atomic mass is 35.5. The molecule has 1 saturated heterocycles. The summed E-state index contributed by atoms with van der Waals surface area (Å²) < 4.78 is 10.8. The topological polar surface area (TPSA) is 59.5 Å². The first-order chi connectivity index (χ1) is 11.8. The van der Waals surface area contributed by atoms with Gasteiger partial charge in [-0.3, -0.25) is 4.98 Å². The third kappa shape index (κ3) is 3.25. The molecule has 24 heavy (non-hydrogen) atoms. The number of benzene rings is 1. The average Bonchev–Trinajstić information content (AvgIpc) is 3.08. The first kappa shape index (κ1) is 15.5. The van der Waals surface area contributed by atoms with E-state index in [0.29, 0.717) is 11.1 Å². The quantitative estimate of drug-likeness (QED) is 0.918. The number of nitrogens with zero attached hydrogens (tertiary/aromatic N) is 3. The summed E-state index contributed by atoms with van der Waals surface area (Å²) >= 11 is 6.33. The third-order valence-corrected chi connectivity index (χ3v) is 4.84. The molecule has 0 bridgehead atoms. The Balaban J connectivity index is 1.32. The highest BCUT2D eigenvalue weighted by Crippen LogP contribution is 2.36. The molecule has 0 radical (unpaired) electrons. The van der Waals surface area contributed by atoms with Gasteiger partial charge in [0.25, 0.3) is 0 Å². The molecule has 7 heteroatoms. The van der Waals surface area contributed by atoms with Crippen molar-refractivity contribution in [2.45, 2.75) is 25.4 Å². The summed E-state index contributed by atoms with van der Waals surface area (Å²) in [4.78, 5) is 10.8. The smallest absolute Gasteiger partial charge is 0.231 e. The Hall–Kier alpha value is -2.05. The first-order valence-electron chi connectivity index (χ1n) is 8.12. The van der Waals surface area contributed by atoms with Gasteiger partial charge >= 0.3 is 0 Å². The predicted octanol–water partition coefficient (Wildman–Crippen LogP) is 2.62. The maximum atomic E-state index is 6.33. The number of hydrogen-bond donors (Lipinski definition) is 1. The predicted molar refractivity (Wildman–Crippen MR) is 91.7 cm³/mol. The number of nitrogens with one attached hydrogen (secondary N) is 1. The molecular weight excluding hydrogens is 328 g/mol. The van der Waals surface area contributed by atoms with Crippen LogP contribution in [-0.4, -0.2) is 35.9 Å². The van der Waals surface area contributed by atoms with Crippen molar-refractivity contribution in [1.29, 1.82) is 0 Å². The molecule has 2 aromatic rings. The van der Waals surface area contributed by atoms with E-state index < -0.39 is 0 Å². The average molecular weight is 347 g/mol. The van der Waals surface area contributed by atoms with E-state index in [4.69, 9.17) is 21.1 Å². The highest BCUT2D eigenvalue weighted by Gasteiger charge is 2.21. The van der Waals surface area contributed by atoms with Crippen LogP contribution in [0.5, 0.6) is 11.5 Å². The van der Waals surface area contributed by atoms with Crippen LogP contribution >= 0.6 is 11.6 Å². The second-order valence-corrected chi connectivity index (χ2v) is 6.41. The Kier molecular flexibility index (Phi) is 4.40. The number of anilines is 1. The first-order valence-corrected chi connectivity index (χ1v) is 8.50. The van der Waals surface area contributed by atoms with E-state index in [1.807, 2.05) is 18.3 Å². The van der Waals surface area contributed by atoms with E-state index >= 15 is 0 Å². The summed E-state index contributed by atoms with van der Waals surface area (Å²) in [6, 6.07) is 4.27. The SMILES string of the molecule is Clc1cc2c(cc1CNC1CCN(c3cnccn3)CC1)OCO2. The van der Waals surface area contributed by atoms with Gasteiger partial charge in [-0.1, -0.05) is 11.6 Å². The molecule has 1 N–H and O–H groups in total. The van der Waals surface area contributed by atoms with Crippen molar-refractivity contribution in [1.82, 2.24) is 15.3 Å². The van der Waals surface area contributed by atoms with E-state index in [0.717, 1.165) is 55.4 Å². The number of halogens is 1. The van der Waals surface area contributed by atoms with Crippen LogP contribution < -0.4 is 19.7 Å². The van der Waals surface area contributed by atoms with Gasteiger partial charge in [-0.25, -0.2) is 4.98 Å². The van der Waals surface area contributed by atoms with Gasteiger partial charge < -0.3 is 19.7 Å². The van der Waals surface area contributed by atoms with E-state index in [2.05, 4.69) is 20.2 Å². The van der Waals surface area contributed by atoms with Crippen LogP contribution in [0.4, 0.5) is 5.82 Å².